The zero-order chi connectivity index (χ0) is 13.2. The first-order chi connectivity index (χ1) is 8.77. The molecule has 4 nitrogen and oxygen atoms in total. The van der Waals surface area contributed by atoms with Crippen molar-refractivity contribution in [1.82, 2.24) is 9.97 Å². The number of rotatable bonds is 9. The Labute approximate surface area is 114 Å². The number of ether oxygens (including phenoxy) is 1. The van der Waals surface area contributed by atoms with Crippen molar-refractivity contribution >= 4 is 17.5 Å². The van der Waals surface area contributed by atoms with Gasteiger partial charge in [-0.1, -0.05) is 44.2 Å². The zero-order valence-electron chi connectivity index (χ0n) is 11.2. The number of halogens is 1. The van der Waals surface area contributed by atoms with Gasteiger partial charge in [-0.15, -0.1) is 0 Å². The molecule has 102 valence electrons. The van der Waals surface area contributed by atoms with E-state index in [4.69, 9.17) is 16.3 Å². The number of nitrogens with zero attached hydrogens (tertiary/aromatic N) is 2. The number of unbranched alkanes of at least 4 members (excludes halogenated alkanes) is 4. The number of aromatic nitrogens is 2. The van der Waals surface area contributed by atoms with Crippen molar-refractivity contribution in [2.24, 2.45) is 0 Å². The van der Waals surface area contributed by atoms with Gasteiger partial charge in [0.15, 0.2) is 0 Å². The lowest BCUT2D eigenvalue weighted by molar-refractivity contribution is 0.293. The van der Waals surface area contributed by atoms with E-state index in [-0.39, 0.29) is 0 Å². The first kappa shape index (κ1) is 15.0. The maximum atomic E-state index is 5.98. The molecule has 18 heavy (non-hydrogen) atoms. The predicted molar refractivity (Wildman–Crippen MR) is 75.5 cm³/mol. The molecule has 0 aliphatic carbocycles. The van der Waals surface area contributed by atoms with Crippen LogP contribution in [-0.2, 0) is 0 Å². The molecule has 0 aromatic carbocycles. The van der Waals surface area contributed by atoms with Crippen molar-refractivity contribution in [3.8, 4) is 5.88 Å². The number of hydrogen-bond acceptors (Lipinski definition) is 4. The van der Waals surface area contributed by atoms with E-state index >= 15 is 0 Å². The van der Waals surface area contributed by atoms with Crippen LogP contribution < -0.4 is 10.1 Å². The van der Waals surface area contributed by atoms with Crippen LogP contribution in [-0.4, -0.2) is 23.1 Å². The Hall–Kier alpha value is -1.03. The monoisotopic (exact) mass is 271 g/mol. The Morgan fingerprint density at radius 3 is 2.72 bits per heavy atom. The fourth-order valence-electron chi connectivity index (χ4n) is 1.57. The molecule has 0 fully saturated rings. The van der Waals surface area contributed by atoms with E-state index in [9.17, 15) is 0 Å². The minimum atomic E-state index is 0.463. The molecule has 0 atom stereocenters. The van der Waals surface area contributed by atoms with Crippen LogP contribution in [0.3, 0.4) is 0 Å². The normalized spacial score (nSPS) is 10.4. The van der Waals surface area contributed by atoms with Crippen LogP contribution in [0.1, 0.15) is 46.0 Å². The molecule has 0 amide bonds. The minimum Gasteiger partial charge on any atom is -0.476 e. The van der Waals surface area contributed by atoms with Crippen molar-refractivity contribution in [2.45, 2.75) is 46.0 Å². The molecule has 1 aromatic rings. The van der Waals surface area contributed by atoms with Gasteiger partial charge in [0.2, 0.25) is 11.8 Å². The molecule has 1 heterocycles. The second-order valence-corrected chi connectivity index (χ2v) is 4.55. The van der Waals surface area contributed by atoms with Crippen LogP contribution in [0, 0.1) is 0 Å². The maximum absolute atomic E-state index is 5.98. The first-order valence-corrected chi connectivity index (χ1v) is 7.05. The van der Waals surface area contributed by atoms with Crippen LogP contribution >= 0.6 is 11.6 Å². The van der Waals surface area contributed by atoms with Gasteiger partial charge in [0.05, 0.1) is 12.8 Å². The smallest absolute Gasteiger partial charge is 0.237 e. The van der Waals surface area contributed by atoms with Crippen molar-refractivity contribution in [1.29, 1.82) is 0 Å². The summed E-state index contributed by atoms with van der Waals surface area (Å²) < 4.78 is 5.58. The van der Waals surface area contributed by atoms with Gasteiger partial charge in [-0.25, -0.2) is 4.98 Å². The second-order valence-electron chi connectivity index (χ2n) is 4.14. The van der Waals surface area contributed by atoms with E-state index in [0.29, 0.717) is 23.5 Å². The fourth-order valence-corrected chi connectivity index (χ4v) is 1.72. The van der Waals surface area contributed by atoms with Gasteiger partial charge in [0.1, 0.15) is 5.02 Å². The third-order valence-electron chi connectivity index (χ3n) is 2.53. The summed E-state index contributed by atoms with van der Waals surface area (Å²) >= 11 is 5.98. The number of anilines is 1. The van der Waals surface area contributed by atoms with E-state index in [1.165, 1.54) is 25.7 Å². The Morgan fingerprint density at radius 2 is 2.00 bits per heavy atom. The Kier molecular flexibility index (Phi) is 7.49. The molecule has 0 radical (unpaired) electrons. The standard InChI is InChI=1S/C13H22ClN3O/c1-3-5-6-7-8-9-18-12-11(14)10-16-13(17-12)15-4-2/h10H,3-9H2,1-2H3,(H,15,16,17). The second kappa shape index (κ2) is 8.97. The first-order valence-electron chi connectivity index (χ1n) is 6.67. The van der Waals surface area contributed by atoms with Gasteiger partial charge in [0.25, 0.3) is 0 Å². The van der Waals surface area contributed by atoms with Crippen molar-refractivity contribution in [2.75, 3.05) is 18.5 Å². The van der Waals surface area contributed by atoms with Crippen molar-refractivity contribution in [3.05, 3.63) is 11.2 Å². The summed E-state index contributed by atoms with van der Waals surface area (Å²) in [5.41, 5.74) is 0. The summed E-state index contributed by atoms with van der Waals surface area (Å²) in [4.78, 5) is 8.28. The quantitative estimate of drug-likeness (QED) is 0.692. The SMILES string of the molecule is CCCCCCCOc1nc(NCC)ncc1Cl. The van der Waals surface area contributed by atoms with Gasteiger partial charge < -0.3 is 10.1 Å². The minimum absolute atomic E-state index is 0.463. The van der Waals surface area contributed by atoms with Crippen LogP contribution in [0.4, 0.5) is 5.95 Å². The molecule has 1 aromatic heterocycles. The topological polar surface area (TPSA) is 47.0 Å². The van der Waals surface area contributed by atoms with E-state index < -0.39 is 0 Å². The molecule has 0 saturated heterocycles. The maximum Gasteiger partial charge on any atom is 0.237 e. The molecule has 1 N–H and O–H groups in total. The highest BCUT2D eigenvalue weighted by atomic mass is 35.5. The molecule has 0 bridgehead atoms. The van der Waals surface area contributed by atoms with Gasteiger partial charge in [-0.3, -0.25) is 0 Å². The lowest BCUT2D eigenvalue weighted by Crippen LogP contribution is -2.05. The summed E-state index contributed by atoms with van der Waals surface area (Å²) in [6.45, 7) is 5.63. The van der Waals surface area contributed by atoms with Gasteiger partial charge in [-0.2, -0.15) is 4.98 Å². The van der Waals surface area contributed by atoms with Gasteiger partial charge in [-0.05, 0) is 13.3 Å². The fraction of sp³-hybridized carbons (Fsp3) is 0.692. The van der Waals surface area contributed by atoms with E-state index in [1.54, 1.807) is 6.20 Å². The molecule has 1 rings (SSSR count). The van der Waals surface area contributed by atoms with Crippen LogP contribution in [0.15, 0.2) is 6.20 Å². The van der Waals surface area contributed by atoms with Crippen molar-refractivity contribution < 1.29 is 4.74 Å². The highest BCUT2D eigenvalue weighted by Crippen LogP contribution is 2.22. The summed E-state index contributed by atoms with van der Waals surface area (Å²) in [5, 5.41) is 3.50. The Balaban J connectivity index is 2.34. The summed E-state index contributed by atoms with van der Waals surface area (Å²) in [6.07, 6.45) is 7.61. The lowest BCUT2D eigenvalue weighted by atomic mass is 10.2. The highest BCUT2D eigenvalue weighted by molar-refractivity contribution is 6.31. The third-order valence-corrected chi connectivity index (χ3v) is 2.79. The molecule has 0 unspecified atom stereocenters. The lowest BCUT2D eigenvalue weighted by Gasteiger charge is -2.08. The molecule has 0 aliphatic rings. The molecular weight excluding hydrogens is 250 g/mol. The van der Waals surface area contributed by atoms with Crippen LogP contribution in [0.25, 0.3) is 0 Å². The van der Waals surface area contributed by atoms with Gasteiger partial charge >= 0.3 is 0 Å². The Morgan fingerprint density at radius 1 is 1.22 bits per heavy atom. The summed E-state index contributed by atoms with van der Waals surface area (Å²) in [5.74, 6) is 1.03. The van der Waals surface area contributed by atoms with Crippen LogP contribution in [0.5, 0.6) is 5.88 Å². The average molecular weight is 272 g/mol. The molecular formula is C13H22ClN3O. The highest BCUT2D eigenvalue weighted by Gasteiger charge is 2.05. The summed E-state index contributed by atoms with van der Waals surface area (Å²) in [7, 11) is 0. The molecule has 5 heteroatoms. The molecule has 0 spiro atoms. The molecule has 0 aliphatic heterocycles. The van der Waals surface area contributed by atoms with Crippen molar-refractivity contribution in [3.63, 3.8) is 0 Å². The van der Waals surface area contributed by atoms with Gasteiger partial charge in [0, 0.05) is 6.54 Å². The number of nitrogens with one attached hydrogen (secondary N) is 1. The third kappa shape index (κ3) is 5.54. The Bertz CT molecular complexity index is 347. The summed E-state index contributed by atoms with van der Waals surface area (Å²) in [6, 6.07) is 0. The average Bonchev–Trinajstić information content (AvgIpc) is 2.37. The van der Waals surface area contributed by atoms with E-state index in [2.05, 4.69) is 22.2 Å². The number of hydrogen-bond donors (Lipinski definition) is 1. The molecule has 0 saturated carbocycles. The predicted octanol–water partition coefficient (Wildman–Crippen LogP) is 3.91. The largest absolute Gasteiger partial charge is 0.476 e. The zero-order valence-corrected chi connectivity index (χ0v) is 12.0. The van der Waals surface area contributed by atoms with E-state index in [0.717, 1.165) is 13.0 Å². The van der Waals surface area contributed by atoms with Crippen LogP contribution in [0.2, 0.25) is 5.02 Å². The van der Waals surface area contributed by atoms with E-state index in [1.807, 2.05) is 6.92 Å².